The molecule has 1 aromatic rings. The number of nitrogens with zero attached hydrogens (tertiary/aromatic N) is 1. The summed E-state index contributed by atoms with van der Waals surface area (Å²) < 4.78 is 42.3. The van der Waals surface area contributed by atoms with Crippen LogP contribution in [0.3, 0.4) is 0 Å². The van der Waals surface area contributed by atoms with Crippen LogP contribution in [-0.2, 0) is 11.1 Å². The Bertz CT molecular complexity index is 280. The number of aromatic nitrogens is 1. The van der Waals surface area contributed by atoms with Crippen LogP contribution >= 0.6 is 11.3 Å². The summed E-state index contributed by atoms with van der Waals surface area (Å²) in [7, 11) is 0. The van der Waals surface area contributed by atoms with Gasteiger partial charge in [0.2, 0.25) is 0 Å². The Morgan fingerprint density at radius 3 is 2.50 bits per heavy atom. The van der Waals surface area contributed by atoms with Crippen molar-refractivity contribution in [3.05, 3.63) is 11.2 Å². The quantitative estimate of drug-likeness (QED) is 0.581. The van der Waals surface area contributed by atoms with E-state index in [0.717, 1.165) is 6.20 Å². The Balaban J connectivity index is 0.00000121. The normalized spacial score (nSPS) is 12.7. The summed E-state index contributed by atoms with van der Waals surface area (Å²) in [6, 6.07) is 0. The molecule has 1 unspecified atom stereocenters. The number of hydrogen-bond donors (Lipinski definition) is 1. The molecule has 0 amide bonds. The third-order valence-electron chi connectivity index (χ3n) is 0.861. The van der Waals surface area contributed by atoms with Crippen LogP contribution in [-0.4, -0.2) is 32.6 Å². The Kier molecular flexibility index (Phi) is 5.12. The SMILES string of the molecule is O=S(O)c1cnc(C(F)F)s1.[LiH]. The minimum absolute atomic E-state index is 0. The van der Waals surface area contributed by atoms with Crippen molar-refractivity contribution in [3.63, 3.8) is 0 Å². The van der Waals surface area contributed by atoms with Gasteiger partial charge in [-0.15, -0.1) is 11.3 Å². The number of halogens is 2. The summed E-state index contributed by atoms with van der Waals surface area (Å²) in [4.78, 5) is 3.25. The molecule has 8 heteroatoms. The van der Waals surface area contributed by atoms with Gasteiger partial charge in [-0.3, -0.25) is 0 Å². The van der Waals surface area contributed by atoms with E-state index in [1.807, 2.05) is 0 Å². The van der Waals surface area contributed by atoms with E-state index in [2.05, 4.69) is 4.98 Å². The van der Waals surface area contributed by atoms with Crippen molar-refractivity contribution in [1.29, 1.82) is 0 Å². The molecule has 0 aliphatic heterocycles. The number of thiazole rings is 1. The Morgan fingerprint density at radius 1 is 1.67 bits per heavy atom. The molecule has 1 aromatic heterocycles. The van der Waals surface area contributed by atoms with Crippen LogP contribution in [0.15, 0.2) is 10.4 Å². The van der Waals surface area contributed by atoms with Crippen molar-refractivity contribution >= 4 is 41.3 Å². The zero-order valence-corrected chi connectivity index (χ0v) is 6.66. The van der Waals surface area contributed by atoms with E-state index < -0.39 is 22.5 Å². The zero-order chi connectivity index (χ0) is 8.43. The molecule has 0 aromatic carbocycles. The first-order valence-electron chi connectivity index (χ1n) is 2.46. The average molecular weight is 207 g/mol. The zero-order valence-electron chi connectivity index (χ0n) is 5.03. The van der Waals surface area contributed by atoms with Crippen molar-refractivity contribution in [2.24, 2.45) is 0 Å². The van der Waals surface area contributed by atoms with E-state index in [4.69, 9.17) is 4.55 Å². The Hall–Kier alpha value is 0.197. The van der Waals surface area contributed by atoms with Crippen molar-refractivity contribution in [1.82, 2.24) is 4.98 Å². The second kappa shape index (κ2) is 5.04. The van der Waals surface area contributed by atoms with Gasteiger partial charge in [-0.2, -0.15) is 0 Å². The topological polar surface area (TPSA) is 50.2 Å². The number of alkyl halides is 2. The fourth-order valence-electron chi connectivity index (χ4n) is 0.454. The third kappa shape index (κ3) is 2.92. The molecule has 0 bridgehead atoms. The van der Waals surface area contributed by atoms with Crippen molar-refractivity contribution in [2.45, 2.75) is 10.6 Å². The van der Waals surface area contributed by atoms with E-state index in [1.165, 1.54) is 0 Å². The van der Waals surface area contributed by atoms with E-state index in [9.17, 15) is 13.0 Å². The molecule has 1 rings (SSSR count). The Morgan fingerprint density at radius 2 is 2.25 bits per heavy atom. The van der Waals surface area contributed by atoms with Crippen LogP contribution < -0.4 is 0 Å². The van der Waals surface area contributed by atoms with Gasteiger partial charge in [0.05, 0.1) is 6.20 Å². The van der Waals surface area contributed by atoms with Crippen molar-refractivity contribution in [2.75, 3.05) is 0 Å². The summed E-state index contributed by atoms with van der Waals surface area (Å²) in [5, 5.41) is -0.428. The molecule has 0 saturated heterocycles. The van der Waals surface area contributed by atoms with E-state index in [1.54, 1.807) is 0 Å². The van der Waals surface area contributed by atoms with Crippen LogP contribution in [0.25, 0.3) is 0 Å². The summed E-state index contributed by atoms with van der Waals surface area (Å²) >= 11 is -1.66. The van der Waals surface area contributed by atoms with Gasteiger partial charge in [0.15, 0.2) is 16.1 Å². The van der Waals surface area contributed by atoms with Gasteiger partial charge in [-0.1, -0.05) is 0 Å². The first kappa shape index (κ1) is 12.2. The summed E-state index contributed by atoms with van der Waals surface area (Å²) in [6.07, 6.45) is -1.69. The van der Waals surface area contributed by atoms with Crippen LogP contribution in [0, 0.1) is 0 Å². The van der Waals surface area contributed by atoms with Gasteiger partial charge in [0, 0.05) is 0 Å². The van der Waals surface area contributed by atoms with Crippen LogP contribution in [0.4, 0.5) is 8.78 Å². The van der Waals surface area contributed by atoms with E-state index >= 15 is 0 Å². The standard InChI is InChI=1S/C4H3F2NO2S2.Li.H/c5-3(6)4-7-1-2(10-4)11(8)9;;/h1,3H,(H,8,9);;. The molecule has 1 N–H and O–H groups in total. The molecule has 12 heavy (non-hydrogen) atoms. The fourth-order valence-corrected chi connectivity index (χ4v) is 1.64. The number of rotatable bonds is 2. The third-order valence-corrected chi connectivity index (χ3v) is 2.79. The number of hydrogen-bond acceptors (Lipinski definition) is 3. The summed E-state index contributed by atoms with van der Waals surface area (Å²) in [5.41, 5.74) is 0. The molecule has 0 fully saturated rings. The Labute approximate surface area is 85.7 Å². The average Bonchev–Trinajstić information content (AvgIpc) is 2.33. The van der Waals surface area contributed by atoms with Crippen LogP contribution in [0.2, 0.25) is 0 Å². The van der Waals surface area contributed by atoms with Gasteiger partial charge in [-0.05, 0) is 0 Å². The second-order valence-electron chi connectivity index (χ2n) is 1.57. The fraction of sp³-hybridized carbons (Fsp3) is 0.250. The second-order valence-corrected chi connectivity index (χ2v) is 3.83. The first-order chi connectivity index (χ1) is 5.11. The molecule has 0 aliphatic rings. The predicted octanol–water partition coefficient (Wildman–Crippen LogP) is 1.01. The van der Waals surface area contributed by atoms with Crippen LogP contribution in [0.1, 0.15) is 11.4 Å². The molecular weight excluding hydrogens is 203 g/mol. The molecule has 1 atom stereocenters. The van der Waals surface area contributed by atoms with Gasteiger partial charge in [-0.25, -0.2) is 18.0 Å². The maximum absolute atomic E-state index is 11.8. The molecule has 3 nitrogen and oxygen atoms in total. The molecule has 1 heterocycles. The maximum atomic E-state index is 11.8. The van der Waals surface area contributed by atoms with E-state index in [0.29, 0.717) is 11.3 Å². The monoisotopic (exact) mass is 207 g/mol. The molecular formula is C4H4F2LiNO2S2. The predicted molar refractivity (Wildman–Crippen MR) is 43.3 cm³/mol. The van der Waals surface area contributed by atoms with Gasteiger partial charge < -0.3 is 4.55 Å². The molecule has 0 aliphatic carbocycles. The van der Waals surface area contributed by atoms with E-state index in [-0.39, 0.29) is 23.1 Å². The molecule has 64 valence electrons. The first-order valence-corrected chi connectivity index (χ1v) is 4.38. The summed E-state index contributed by atoms with van der Waals surface area (Å²) in [6.45, 7) is 0. The van der Waals surface area contributed by atoms with Crippen molar-refractivity contribution < 1.29 is 17.5 Å². The van der Waals surface area contributed by atoms with Gasteiger partial charge >= 0.3 is 18.9 Å². The molecule has 0 radical (unpaired) electrons. The minimum atomic E-state index is -2.67. The van der Waals surface area contributed by atoms with Crippen molar-refractivity contribution in [3.8, 4) is 0 Å². The van der Waals surface area contributed by atoms with Gasteiger partial charge in [0.25, 0.3) is 6.43 Å². The van der Waals surface area contributed by atoms with Gasteiger partial charge in [0.1, 0.15) is 4.21 Å². The summed E-state index contributed by atoms with van der Waals surface area (Å²) in [5.74, 6) is 0. The molecule has 0 saturated carbocycles. The van der Waals surface area contributed by atoms with Crippen LogP contribution in [0.5, 0.6) is 0 Å². The molecule has 0 spiro atoms.